The Morgan fingerprint density at radius 2 is 1.61 bits per heavy atom. The Balaban J connectivity index is 2.09. The summed E-state index contributed by atoms with van der Waals surface area (Å²) in [6.45, 7) is 6.05. The number of aliphatic hydroxyl groups excluding tert-OH is 1. The lowest BCUT2D eigenvalue weighted by atomic mass is 9.83. The number of amides is 1. The number of benzene rings is 2. The van der Waals surface area contributed by atoms with Gasteiger partial charge >= 0.3 is 0 Å². The van der Waals surface area contributed by atoms with E-state index in [0.29, 0.717) is 13.0 Å². The standard InChI is InChI=1S/C20H25NO2/c1-15(22)13-14-21-19(23)20(2,3)18-11-9-17(10-12-18)16-7-5-4-6-8-16/h4-12,15,22H,13-14H2,1-3H3,(H,21,23). The molecule has 3 heteroatoms. The van der Waals surface area contributed by atoms with Crippen molar-refractivity contribution in [2.45, 2.75) is 38.7 Å². The van der Waals surface area contributed by atoms with Crippen LogP contribution < -0.4 is 5.32 Å². The zero-order valence-electron chi connectivity index (χ0n) is 14.0. The number of rotatable bonds is 6. The highest BCUT2D eigenvalue weighted by molar-refractivity contribution is 5.87. The predicted octanol–water partition coefficient (Wildman–Crippen LogP) is 3.52. The second-order valence-corrected chi connectivity index (χ2v) is 6.46. The van der Waals surface area contributed by atoms with Gasteiger partial charge in [0.1, 0.15) is 0 Å². The van der Waals surface area contributed by atoms with Crippen LogP contribution in [0.2, 0.25) is 0 Å². The molecule has 0 aliphatic heterocycles. The third-order valence-electron chi connectivity index (χ3n) is 4.13. The van der Waals surface area contributed by atoms with Crippen molar-refractivity contribution >= 4 is 5.91 Å². The van der Waals surface area contributed by atoms with E-state index >= 15 is 0 Å². The van der Waals surface area contributed by atoms with Gasteiger partial charge in [0.05, 0.1) is 11.5 Å². The van der Waals surface area contributed by atoms with Gasteiger partial charge in [-0.2, -0.15) is 0 Å². The summed E-state index contributed by atoms with van der Waals surface area (Å²) in [6, 6.07) is 18.3. The maximum absolute atomic E-state index is 12.4. The molecular weight excluding hydrogens is 286 g/mol. The van der Waals surface area contributed by atoms with Crippen LogP contribution >= 0.6 is 0 Å². The summed E-state index contributed by atoms with van der Waals surface area (Å²) in [6.07, 6.45) is 0.165. The molecule has 0 aromatic heterocycles. The van der Waals surface area contributed by atoms with Crippen molar-refractivity contribution in [3.05, 3.63) is 60.2 Å². The molecule has 2 N–H and O–H groups in total. The van der Waals surface area contributed by atoms with E-state index in [-0.39, 0.29) is 5.91 Å². The van der Waals surface area contributed by atoms with Gasteiger partial charge in [0.25, 0.3) is 0 Å². The van der Waals surface area contributed by atoms with E-state index in [0.717, 1.165) is 11.1 Å². The van der Waals surface area contributed by atoms with Crippen LogP contribution in [0.15, 0.2) is 54.6 Å². The fourth-order valence-electron chi connectivity index (χ4n) is 2.46. The molecule has 0 aliphatic rings. The first kappa shape index (κ1) is 17.2. The van der Waals surface area contributed by atoms with Gasteiger partial charge in [-0.1, -0.05) is 54.6 Å². The molecule has 0 saturated heterocycles. The summed E-state index contributed by atoms with van der Waals surface area (Å²) < 4.78 is 0. The van der Waals surface area contributed by atoms with E-state index in [4.69, 9.17) is 0 Å². The van der Waals surface area contributed by atoms with Gasteiger partial charge in [-0.3, -0.25) is 4.79 Å². The molecule has 0 fully saturated rings. The Morgan fingerprint density at radius 3 is 2.17 bits per heavy atom. The van der Waals surface area contributed by atoms with E-state index in [1.807, 2.05) is 44.2 Å². The minimum atomic E-state index is -0.603. The van der Waals surface area contributed by atoms with Crippen LogP contribution in [0.1, 0.15) is 32.8 Å². The summed E-state index contributed by atoms with van der Waals surface area (Å²) in [5, 5.41) is 12.2. The van der Waals surface area contributed by atoms with E-state index in [2.05, 4.69) is 29.6 Å². The van der Waals surface area contributed by atoms with Gasteiger partial charge in [0.15, 0.2) is 0 Å². The number of carbonyl (C=O) groups is 1. The van der Waals surface area contributed by atoms with Crippen LogP contribution in [0.4, 0.5) is 0 Å². The smallest absolute Gasteiger partial charge is 0.230 e. The zero-order valence-corrected chi connectivity index (χ0v) is 14.0. The molecule has 0 saturated carbocycles. The first-order valence-electron chi connectivity index (χ1n) is 8.03. The molecule has 0 radical (unpaired) electrons. The van der Waals surface area contributed by atoms with Gasteiger partial charge in [-0.15, -0.1) is 0 Å². The summed E-state index contributed by atoms with van der Waals surface area (Å²) in [5.41, 5.74) is 2.68. The van der Waals surface area contributed by atoms with Crippen LogP contribution in [0.3, 0.4) is 0 Å². The molecule has 1 atom stereocenters. The predicted molar refractivity (Wildman–Crippen MR) is 94.2 cm³/mol. The molecule has 2 rings (SSSR count). The van der Waals surface area contributed by atoms with Crippen molar-refractivity contribution in [3.63, 3.8) is 0 Å². The molecule has 2 aromatic carbocycles. The second-order valence-electron chi connectivity index (χ2n) is 6.46. The molecule has 0 heterocycles. The van der Waals surface area contributed by atoms with Crippen LogP contribution in [0.25, 0.3) is 11.1 Å². The maximum atomic E-state index is 12.4. The van der Waals surface area contributed by atoms with Crippen molar-refractivity contribution in [1.29, 1.82) is 0 Å². The van der Waals surface area contributed by atoms with Gasteiger partial charge < -0.3 is 10.4 Å². The lowest BCUT2D eigenvalue weighted by Crippen LogP contribution is -2.41. The van der Waals surface area contributed by atoms with Gasteiger partial charge in [0, 0.05) is 6.54 Å². The highest BCUT2D eigenvalue weighted by atomic mass is 16.3. The molecule has 2 aromatic rings. The van der Waals surface area contributed by atoms with Gasteiger partial charge in [0.2, 0.25) is 5.91 Å². The number of aliphatic hydroxyl groups is 1. The van der Waals surface area contributed by atoms with Crippen molar-refractivity contribution in [3.8, 4) is 11.1 Å². The topological polar surface area (TPSA) is 49.3 Å². The van der Waals surface area contributed by atoms with Crippen molar-refractivity contribution in [2.75, 3.05) is 6.54 Å². The summed E-state index contributed by atoms with van der Waals surface area (Å²) in [7, 11) is 0. The third-order valence-corrected chi connectivity index (χ3v) is 4.13. The highest BCUT2D eigenvalue weighted by Crippen LogP contribution is 2.27. The lowest BCUT2D eigenvalue weighted by Gasteiger charge is -2.24. The van der Waals surface area contributed by atoms with Crippen LogP contribution in [0.5, 0.6) is 0 Å². The van der Waals surface area contributed by atoms with Crippen LogP contribution in [-0.4, -0.2) is 23.7 Å². The van der Waals surface area contributed by atoms with E-state index < -0.39 is 11.5 Å². The zero-order chi connectivity index (χ0) is 16.9. The highest BCUT2D eigenvalue weighted by Gasteiger charge is 2.29. The van der Waals surface area contributed by atoms with Crippen LogP contribution in [0, 0.1) is 0 Å². The lowest BCUT2D eigenvalue weighted by molar-refractivity contribution is -0.125. The number of hydrogen-bond acceptors (Lipinski definition) is 2. The first-order valence-corrected chi connectivity index (χ1v) is 8.03. The molecule has 122 valence electrons. The molecule has 1 amide bonds. The second kappa shape index (κ2) is 7.42. The summed E-state index contributed by atoms with van der Waals surface area (Å²) >= 11 is 0. The summed E-state index contributed by atoms with van der Waals surface area (Å²) in [4.78, 5) is 12.4. The summed E-state index contributed by atoms with van der Waals surface area (Å²) in [5.74, 6) is -0.0226. The number of hydrogen-bond donors (Lipinski definition) is 2. The molecule has 0 bridgehead atoms. The first-order chi connectivity index (χ1) is 10.9. The van der Waals surface area contributed by atoms with E-state index in [1.54, 1.807) is 6.92 Å². The molecule has 3 nitrogen and oxygen atoms in total. The minimum Gasteiger partial charge on any atom is -0.393 e. The molecule has 23 heavy (non-hydrogen) atoms. The molecular formula is C20H25NO2. The average molecular weight is 311 g/mol. The van der Waals surface area contributed by atoms with Gasteiger partial charge in [-0.05, 0) is 43.9 Å². The average Bonchev–Trinajstić information content (AvgIpc) is 2.55. The van der Waals surface area contributed by atoms with E-state index in [1.165, 1.54) is 5.56 Å². The molecule has 1 unspecified atom stereocenters. The largest absolute Gasteiger partial charge is 0.393 e. The van der Waals surface area contributed by atoms with Crippen molar-refractivity contribution in [2.24, 2.45) is 0 Å². The normalized spacial score (nSPS) is 12.7. The Hall–Kier alpha value is -2.13. The molecule has 0 aliphatic carbocycles. The third kappa shape index (κ3) is 4.42. The SMILES string of the molecule is CC(O)CCNC(=O)C(C)(C)c1ccc(-c2ccccc2)cc1. The quantitative estimate of drug-likeness (QED) is 0.857. The molecule has 0 spiro atoms. The van der Waals surface area contributed by atoms with Gasteiger partial charge in [-0.25, -0.2) is 0 Å². The maximum Gasteiger partial charge on any atom is 0.230 e. The Bertz CT molecular complexity index is 630. The fraction of sp³-hybridized carbons (Fsp3) is 0.350. The van der Waals surface area contributed by atoms with Crippen molar-refractivity contribution < 1.29 is 9.90 Å². The number of carbonyl (C=O) groups excluding carboxylic acids is 1. The van der Waals surface area contributed by atoms with Crippen molar-refractivity contribution in [1.82, 2.24) is 5.32 Å². The van der Waals surface area contributed by atoms with Crippen LogP contribution in [-0.2, 0) is 10.2 Å². The Morgan fingerprint density at radius 1 is 1.04 bits per heavy atom. The number of nitrogens with one attached hydrogen (secondary N) is 1. The monoisotopic (exact) mass is 311 g/mol. The Labute approximate surface area is 138 Å². The van der Waals surface area contributed by atoms with E-state index in [9.17, 15) is 9.90 Å². The Kier molecular flexibility index (Phi) is 5.56. The fourth-order valence-corrected chi connectivity index (χ4v) is 2.46. The minimum absolute atomic E-state index is 0.0226.